The number of methoxy groups -OCH3 is 1. The number of rotatable bonds is 4. The summed E-state index contributed by atoms with van der Waals surface area (Å²) in [5.41, 5.74) is 0.763. The van der Waals surface area contributed by atoms with Crippen molar-refractivity contribution < 1.29 is 13.9 Å². The average Bonchev–Trinajstić information content (AvgIpc) is 2.39. The quantitative estimate of drug-likeness (QED) is 0.859. The van der Waals surface area contributed by atoms with Gasteiger partial charge in [-0.3, -0.25) is 4.79 Å². The molecule has 4 nitrogen and oxygen atoms in total. The summed E-state index contributed by atoms with van der Waals surface area (Å²) in [7, 11) is 1.55. The molecule has 0 saturated heterocycles. The van der Waals surface area contributed by atoms with Gasteiger partial charge in [0.25, 0.3) is 0 Å². The number of para-hydroxylation sites is 1. The van der Waals surface area contributed by atoms with Gasteiger partial charge in [-0.2, -0.15) is 4.39 Å². The molecule has 1 aromatic carbocycles. The Labute approximate surface area is 110 Å². The van der Waals surface area contributed by atoms with Gasteiger partial charge in [0, 0.05) is 5.56 Å². The first kappa shape index (κ1) is 13.0. The lowest BCUT2D eigenvalue weighted by Crippen LogP contribution is -2.16. The van der Waals surface area contributed by atoms with Gasteiger partial charge >= 0.3 is 0 Å². The second-order valence-corrected chi connectivity index (χ2v) is 3.88. The first-order valence-corrected chi connectivity index (χ1v) is 5.73. The van der Waals surface area contributed by atoms with Gasteiger partial charge in [0.2, 0.25) is 11.9 Å². The molecule has 0 atom stereocenters. The van der Waals surface area contributed by atoms with Gasteiger partial charge in [-0.1, -0.05) is 24.3 Å². The first-order chi connectivity index (χ1) is 9.19. The molecule has 1 heterocycles. The third-order valence-corrected chi connectivity index (χ3v) is 2.53. The summed E-state index contributed by atoms with van der Waals surface area (Å²) in [4.78, 5) is 15.4. The zero-order chi connectivity index (χ0) is 13.7. The van der Waals surface area contributed by atoms with Crippen molar-refractivity contribution in [2.45, 2.75) is 6.42 Å². The van der Waals surface area contributed by atoms with Crippen LogP contribution in [0.4, 0.5) is 10.2 Å². The van der Waals surface area contributed by atoms with Crippen LogP contribution >= 0.6 is 0 Å². The number of ether oxygens (including phenoxy) is 1. The monoisotopic (exact) mass is 260 g/mol. The second-order valence-electron chi connectivity index (χ2n) is 3.88. The number of carbonyl (C=O) groups is 1. The van der Waals surface area contributed by atoms with Gasteiger partial charge in [-0.05, 0) is 18.2 Å². The smallest absolute Gasteiger partial charge is 0.230 e. The SMILES string of the molecule is COc1ccccc1CC(=O)Nc1cccc(F)n1. The van der Waals surface area contributed by atoms with E-state index in [2.05, 4.69) is 10.3 Å². The van der Waals surface area contributed by atoms with E-state index >= 15 is 0 Å². The highest BCUT2D eigenvalue weighted by molar-refractivity contribution is 5.91. The number of pyridine rings is 1. The second kappa shape index (κ2) is 5.95. The van der Waals surface area contributed by atoms with E-state index in [1.165, 1.54) is 18.2 Å². The van der Waals surface area contributed by atoms with Crippen LogP contribution in [0.25, 0.3) is 0 Å². The number of halogens is 1. The minimum absolute atomic E-state index is 0.141. The Kier molecular flexibility index (Phi) is 4.07. The standard InChI is InChI=1S/C14H13FN2O2/c1-19-11-6-3-2-5-10(11)9-14(18)17-13-8-4-7-12(15)16-13/h2-8H,9H2,1H3,(H,16,17,18). The summed E-state index contributed by atoms with van der Waals surface area (Å²) in [6.45, 7) is 0. The summed E-state index contributed by atoms with van der Waals surface area (Å²) >= 11 is 0. The van der Waals surface area contributed by atoms with Crippen LogP contribution in [0.1, 0.15) is 5.56 Å². The van der Waals surface area contributed by atoms with Crippen LogP contribution in [-0.4, -0.2) is 18.0 Å². The van der Waals surface area contributed by atoms with Crippen LogP contribution in [0.2, 0.25) is 0 Å². The summed E-state index contributed by atoms with van der Waals surface area (Å²) in [5, 5.41) is 2.54. The minimum Gasteiger partial charge on any atom is -0.496 e. The Hall–Kier alpha value is -2.43. The number of aromatic nitrogens is 1. The van der Waals surface area contributed by atoms with E-state index in [-0.39, 0.29) is 18.1 Å². The van der Waals surface area contributed by atoms with Crippen molar-refractivity contribution >= 4 is 11.7 Å². The molecule has 19 heavy (non-hydrogen) atoms. The van der Waals surface area contributed by atoms with Crippen LogP contribution in [0.3, 0.4) is 0 Å². The van der Waals surface area contributed by atoms with Crippen LogP contribution in [0.5, 0.6) is 5.75 Å². The van der Waals surface area contributed by atoms with Crippen molar-refractivity contribution in [3.05, 3.63) is 54.0 Å². The maximum Gasteiger partial charge on any atom is 0.230 e. The van der Waals surface area contributed by atoms with E-state index in [1.54, 1.807) is 19.2 Å². The summed E-state index contributed by atoms with van der Waals surface area (Å²) < 4.78 is 18.0. The highest BCUT2D eigenvalue weighted by Gasteiger charge is 2.09. The van der Waals surface area contributed by atoms with Gasteiger partial charge < -0.3 is 10.1 Å². The fraction of sp³-hybridized carbons (Fsp3) is 0.143. The van der Waals surface area contributed by atoms with E-state index < -0.39 is 5.95 Å². The number of amides is 1. The zero-order valence-electron chi connectivity index (χ0n) is 10.4. The minimum atomic E-state index is -0.630. The highest BCUT2D eigenvalue weighted by Crippen LogP contribution is 2.18. The number of hydrogen-bond acceptors (Lipinski definition) is 3. The maximum atomic E-state index is 12.9. The lowest BCUT2D eigenvalue weighted by atomic mass is 10.1. The number of anilines is 1. The number of nitrogens with one attached hydrogen (secondary N) is 1. The molecular weight excluding hydrogens is 247 g/mol. The largest absolute Gasteiger partial charge is 0.496 e. The maximum absolute atomic E-state index is 12.9. The van der Waals surface area contributed by atoms with E-state index in [9.17, 15) is 9.18 Å². The van der Waals surface area contributed by atoms with Crippen molar-refractivity contribution in [2.24, 2.45) is 0 Å². The van der Waals surface area contributed by atoms with Crippen LogP contribution < -0.4 is 10.1 Å². The van der Waals surface area contributed by atoms with E-state index in [4.69, 9.17) is 4.74 Å². The molecule has 0 aliphatic carbocycles. The molecule has 2 rings (SSSR count). The van der Waals surface area contributed by atoms with E-state index in [0.29, 0.717) is 5.75 Å². The Morgan fingerprint density at radius 3 is 2.79 bits per heavy atom. The normalized spacial score (nSPS) is 10.0. The highest BCUT2D eigenvalue weighted by atomic mass is 19.1. The van der Waals surface area contributed by atoms with Crippen LogP contribution in [-0.2, 0) is 11.2 Å². The fourth-order valence-electron chi connectivity index (χ4n) is 1.69. The molecule has 5 heteroatoms. The summed E-state index contributed by atoms with van der Waals surface area (Å²) in [6, 6.07) is 11.5. The van der Waals surface area contributed by atoms with Gasteiger partial charge in [-0.25, -0.2) is 4.98 Å². The van der Waals surface area contributed by atoms with E-state index in [0.717, 1.165) is 5.56 Å². The molecule has 0 aliphatic rings. The van der Waals surface area contributed by atoms with Gasteiger partial charge in [-0.15, -0.1) is 0 Å². The number of hydrogen-bond donors (Lipinski definition) is 1. The Morgan fingerprint density at radius 1 is 1.26 bits per heavy atom. The molecule has 2 aromatic rings. The molecule has 0 spiro atoms. The van der Waals surface area contributed by atoms with Crippen molar-refractivity contribution in [2.75, 3.05) is 12.4 Å². The molecule has 0 bridgehead atoms. The van der Waals surface area contributed by atoms with Crippen molar-refractivity contribution in [3.63, 3.8) is 0 Å². The first-order valence-electron chi connectivity index (χ1n) is 5.73. The molecule has 0 fully saturated rings. The topological polar surface area (TPSA) is 51.2 Å². The molecular formula is C14H13FN2O2. The van der Waals surface area contributed by atoms with Gasteiger partial charge in [0.15, 0.2) is 0 Å². The van der Waals surface area contributed by atoms with Crippen molar-refractivity contribution in [1.82, 2.24) is 4.98 Å². The van der Waals surface area contributed by atoms with Crippen molar-refractivity contribution in [3.8, 4) is 5.75 Å². The lowest BCUT2D eigenvalue weighted by Gasteiger charge is -2.08. The predicted octanol–water partition coefficient (Wildman–Crippen LogP) is 2.41. The number of nitrogens with zero attached hydrogens (tertiary/aromatic N) is 1. The third-order valence-electron chi connectivity index (χ3n) is 2.53. The van der Waals surface area contributed by atoms with E-state index in [1.807, 2.05) is 12.1 Å². The molecule has 98 valence electrons. The Balaban J connectivity index is 2.05. The molecule has 0 radical (unpaired) electrons. The van der Waals surface area contributed by atoms with Crippen LogP contribution in [0, 0.1) is 5.95 Å². The Bertz CT molecular complexity index is 587. The predicted molar refractivity (Wildman–Crippen MR) is 69.5 cm³/mol. The third kappa shape index (κ3) is 3.51. The molecule has 1 amide bonds. The van der Waals surface area contributed by atoms with Crippen LogP contribution in [0.15, 0.2) is 42.5 Å². The summed E-state index contributed by atoms with van der Waals surface area (Å²) in [6.07, 6.45) is 0.141. The van der Waals surface area contributed by atoms with Gasteiger partial charge in [0.05, 0.1) is 13.5 Å². The Morgan fingerprint density at radius 2 is 2.05 bits per heavy atom. The molecule has 0 saturated carbocycles. The molecule has 1 aromatic heterocycles. The van der Waals surface area contributed by atoms with Crippen molar-refractivity contribution in [1.29, 1.82) is 0 Å². The zero-order valence-corrected chi connectivity index (χ0v) is 10.4. The molecule has 0 aliphatic heterocycles. The van der Waals surface area contributed by atoms with Gasteiger partial charge in [0.1, 0.15) is 11.6 Å². The fourth-order valence-corrected chi connectivity index (χ4v) is 1.69. The number of benzene rings is 1. The molecule has 0 unspecified atom stereocenters. The average molecular weight is 260 g/mol. The lowest BCUT2D eigenvalue weighted by molar-refractivity contribution is -0.115. The number of carbonyl (C=O) groups excluding carboxylic acids is 1. The summed E-state index contributed by atoms with van der Waals surface area (Å²) in [5.74, 6) is -0.0672. The molecule has 1 N–H and O–H groups in total.